The average molecular weight is 238 g/mol. The fourth-order valence-corrected chi connectivity index (χ4v) is 1.94. The van der Waals surface area contributed by atoms with E-state index in [9.17, 15) is 9.90 Å². The predicted molar refractivity (Wildman–Crippen MR) is 58.3 cm³/mol. The molecule has 6 heteroatoms. The van der Waals surface area contributed by atoms with Gasteiger partial charge in [0.05, 0.1) is 20.4 Å². The number of hydrogen-bond acceptors (Lipinski definition) is 5. The van der Waals surface area contributed by atoms with E-state index in [4.69, 9.17) is 9.47 Å². The molecule has 0 spiro atoms. The van der Waals surface area contributed by atoms with Gasteiger partial charge in [-0.1, -0.05) is 6.42 Å². The van der Waals surface area contributed by atoms with Crippen molar-refractivity contribution in [3.8, 4) is 11.6 Å². The van der Waals surface area contributed by atoms with Crippen LogP contribution in [0.1, 0.15) is 25.1 Å². The van der Waals surface area contributed by atoms with Gasteiger partial charge in [0.25, 0.3) is 5.88 Å². The number of hydrogen-bond donors (Lipinski definition) is 1. The third-order valence-electron chi connectivity index (χ3n) is 3.18. The second-order valence-corrected chi connectivity index (χ2v) is 4.01. The van der Waals surface area contributed by atoms with Crippen molar-refractivity contribution in [1.82, 2.24) is 9.97 Å². The third kappa shape index (κ3) is 1.69. The van der Waals surface area contributed by atoms with Crippen molar-refractivity contribution in [2.45, 2.75) is 24.7 Å². The molecule has 1 fully saturated rings. The Morgan fingerprint density at radius 2 is 2.12 bits per heavy atom. The molecule has 2 rings (SSSR count). The van der Waals surface area contributed by atoms with Gasteiger partial charge >= 0.3 is 5.97 Å². The molecule has 1 aromatic heterocycles. The molecule has 92 valence electrons. The van der Waals surface area contributed by atoms with Gasteiger partial charge in [0.2, 0.25) is 0 Å². The topological polar surface area (TPSA) is 81.5 Å². The number of methoxy groups -OCH3 is 2. The first-order valence-electron chi connectivity index (χ1n) is 5.33. The summed E-state index contributed by atoms with van der Waals surface area (Å²) in [6.45, 7) is 0. The summed E-state index contributed by atoms with van der Waals surface area (Å²) in [5.74, 6) is 0.0889. The number of nitrogens with zero attached hydrogens (tertiary/aromatic N) is 2. The summed E-state index contributed by atoms with van der Waals surface area (Å²) in [6.07, 6.45) is 3.46. The Balaban J connectivity index is 2.42. The van der Waals surface area contributed by atoms with Crippen LogP contribution in [0.3, 0.4) is 0 Å². The zero-order valence-corrected chi connectivity index (χ0v) is 9.77. The van der Waals surface area contributed by atoms with Crippen molar-refractivity contribution in [3.63, 3.8) is 0 Å². The smallest absolute Gasteiger partial charge is 0.317 e. The van der Waals surface area contributed by atoms with E-state index < -0.39 is 11.4 Å². The first kappa shape index (κ1) is 11.6. The Labute approximate surface area is 98.6 Å². The predicted octanol–water partition coefficient (Wildman–Crippen LogP) is 1.00. The number of carboxylic acid groups (broad SMARTS) is 1. The van der Waals surface area contributed by atoms with Gasteiger partial charge in [-0.3, -0.25) is 4.79 Å². The van der Waals surface area contributed by atoms with Crippen LogP contribution in [0.15, 0.2) is 6.20 Å². The minimum absolute atomic E-state index is 0.269. The van der Waals surface area contributed by atoms with Gasteiger partial charge in [-0.2, -0.15) is 4.98 Å². The first-order chi connectivity index (χ1) is 8.14. The van der Waals surface area contributed by atoms with E-state index in [2.05, 4.69) is 9.97 Å². The highest BCUT2D eigenvalue weighted by molar-refractivity contribution is 5.81. The van der Waals surface area contributed by atoms with E-state index in [1.165, 1.54) is 20.4 Å². The summed E-state index contributed by atoms with van der Waals surface area (Å²) in [5.41, 5.74) is -0.945. The summed E-state index contributed by atoms with van der Waals surface area (Å²) in [7, 11) is 2.94. The molecule has 0 radical (unpaired) electrons. The Bertz CT molecular complexity index is 443. The quantitative estimate of drug-likeness (QED) is 0.842. The van der Waals surface area contributed by atoms with Crippen LogP contribution in [0.4, 0.5) is 0 Å². The van der Waals surface area contributed by atoms with Crippen molar-refractivity contribution in [2.24, 2.45) is 0 Å². The van der Waals surface area contributed by atoms with Gasteiger partial charge in [-0.05, 0) is 12.8 Å². The Hall–Kier alpha value is -1.85. The molecular weight excluding hydrogens is 224 g/mol. The summed E-state index contributed by atoms with van der Waals surface area (Å²) in [4.78, 5) is 19.5. The van der Waals surface area contributed by atoms with Gasteiger partial charge < -0.3 is 14.6 Å². The lowest BCUT2D eigenvalue weighted by molar-refractivity contribution is -0.147. The Morgan fingerprint density at radius 3 is 2.53 bits per heavy atom. The highest BCUT2D eigenvalue weighted by Crippen LogP contribution is 2.43. The van der Waals surface area contributed by atoms with E-state index in [-0.39, 0.29) is 5.88 Å². The lowest BCUT2D eigenvalue weighted by atomic mass is 9.68. The molecule has 1 heterocycles. The molecule has 1 aliphatic rings. The van der Waals surface area contributed by atoms with Crippen LogP contribution in [-0.2, 0) is 10.2 Å². The van der Waals surface area contributed by atoms with Crippen LogP contribution in [0.5, 0.6) is 11.6 Å². The minimum Gasteiger partial charge on any atom is -0.490 e. The number of aromatic nitrogens is 2. The fourth-order valence-electron chi connectivity index (χ4n) is 1.94. The van der Waals surface area contributed by atoms with Gasteiger partial charge in [0.1, 0.15) is 11.2 Å². The molecule has 1 aliphatic carbocycles. The number of ether oxygens (including phenoxy) is 2. The molecule has 17 heavy (non-hydrogen) atoms. The minimum atomic E-state index is -0.945. The van der Waals surface area contributed by atoms with Crippen LogP contribution in [-0.4, -0.2) is 35.3 Å². The molecule has 0 aliphatic heterocycles. The average Bonchev–Trinajstić information content (AvgIpc) is 2.26. The van der Waals surface area contributed by atoms with E-state index in [0.29, 0.717) is 24.4 Å². The van der Waals surface area contributed by atoms with Crippen molar-refractivity contribution in [3.05, 3.63) is 12.0 Å². The van der Waals surface area contributed by atoms with Crippen molar-refractivity contribution < 1.29 is 19.4 Å². The van der Waals surface area contributed by atoms with E-state index in [1.807, 2.05) is 0 Å². The van der Waals surface area contributed by atoms with Crippen LogP contribution in [0, 0.1) is 0 Å². The summed E-state index contributed by atoms with van der Waals surface area (Å²) in [5, 5.41) is 9.28. The number of aliphatic carboxylic acids is 1. The van der Waals surface area contributed by atoms with Crippen molar-refractivity contribution in [2.75, 3.05) is 14.2 Å². The molecule has 1 saturated carbocycles. The van der Waals surface area contributed by atoms with E-state index >= 15 is 0 Å². The molecule has 0 aromatic carbocycles. The van der Waals surface area contributed by atoms with Gasteiger partial charge in [0, 0.05) is 0 Å². The standard InChI is InChI=1S/C11H14N2O4/c1-16-7-6-12-9(13-8(7)17-2)11(10(14)15)4-3-5-11/h6H,3-5H2,1-2H3,(H,14,15). The lowest BCUT2D eigenvalue weighted by Crippen LogP contribution is -2.43. The Morgan fingerprint density at radius 1 is 1.41 bits per heavy atom. The van der Waals surface area contributed by atoms with E-state index in [0.717, 1.165) is 6.42 Å². The van der Waals surface area contributed by atoms with Crippen LogP contribution >= 0.6 is 0 Å². The Kier molecular flexibility index (Phi) is 2.87. The largest absolute Gasteiger partial charge is 0.490 e. The molecule has 1 aromatic rings. The lowest BCUT2D eigenvalue weighted by Gasteiger charge is -2.35. The summed E-state index contributed by atoms with van der Waals surface area (Å²) in [6, 6.07) is 0. The first-order valence-corrected chi connectivity index (χ1v) is 5.33. The normalized spacial score (nSPS) is 17.1. The molecule has 0 amide bonds. The van der Waals surface area contributed by atoms with Gasteiger partial charge in [0.15, 0.2) is 5.75 Å². The highest BCUT2D eigenvalue weighted by atomic mass is 16.5. The number of rotatable bonds is 4. The maximum Gasteiger partial charge on any atom is 0.317 e. The van der Waals surface area contributed by atoms with E-state index in [1.54, 1.807) is 0 Å². The number of carbonyl (C=O) groups is 1. The van der Waals surface area contributed by atoms with Crippen LogP contribution in [0.2, 0.25) is 0 Å². The monoisotopic (exact) mass is 238 g/mol. The molecule has 0 saturated heterocycles. The van der Waals surface area contributed by atoms with Crippen LogP contribution in [0.25, 0.3) is 0 Å². The van der Waals surface area contributed by atoms with Crippen molar-refractivity contribution >= 4 is 5.97 Å². The molecule has 0 atom stereocenters. The van der Waals surface area contributed by atoms with Crippen LogP contribution < -0.4 is 9.47 Å². The molecule has 1 N–H and O–H groups in total. The highest BCUT2D eigenvalue weighted by Gasteiger charge is 2.49. The zero-order chi connectivity index (χ0) is 12.5. The SMILES string of the molecule is COc1cnc(C2(C(=O)O)CCC2)nc1OC. The second kappa shape index (κ2) is 4.20. The van der Waals surface area contributed by atoms with Gasteiger partial charge in [-0.15, -0.1) is 0 Å². The maximum atomic E-state index is 11.3. The van der Waals surface area contributed by atoms with Crippen molar-refractivity contribution in [1.29, 1.82) is 0 Å². The third-order valence-corrected chi connectivity index (χ3v) is 3.18. The molecular formula is C11H14N2O4. The molecule has 6 nitrogen and oxygen atoms in total. The maximum absolute atomic E-state index is 11.3. The summed E-state index contributed by atoms with van der Waals surface area (Å²) >= 11 is 0. The summed E-state index contributed by atoms with van der Waals surface area (Å²) < 4.78 is 10.1. The molecule has 0 unspecified atom stereocenters. The fraction of sp³-hybridized carbons (Fsp3) is 0.545. The zero-order valence-electron chi connectivity index (χ0n) is 9.77. The molecule has 0 bridgehead atoms. The van der Waals surface area contributed by atoms with Gasteiger partial charge in [-0.25, -0.2) is 4.98 Å². The second-order valence-electron chi connectivity index (χ2n) is 4.01. The number of carboxylic acids is 1.